The number of nitrogens with one attached hydrogen (secondary N) is 2. The Balaban J connectivity index is 2.42. The molecule has 4 nitrogen and oxygen atoms in total. The number of amides is 1. The van der Waals surface area contributed by atoms with Gasteiger partial charge in [0.2, 0.25) is 0 Å². The normalized spacial score (nSPS) is 25.0. The van der Waals surface area contributed by atoms with Gasteiger partial charge in [0, 0.05) is 0 Å². The maximum atomic E-state index is 12.0. The molecule has 1 aliphatic rings. The van der Waals surface area contributed by atoms with Crippen molar-refractivity contribution in [1.29, 1.82) is 0 Å². The molecule has 0 aromatic heterocycles. The lowest BCUT2D eigenvalue weighted by atomic mass is 9.91. The first-order chi connectivity index (χ1) is 7.60. The zero-order chi connectivity index (χ0) is 12.0. The fourth-order valence-corrected chi connectivity index (χ4v) is 2.13. The molecule has 1 heterocycles. The van der Waals surface area contributed by atoms with E-state index >= 15 is 0 Å². The zero-order valence-electron chi connectivity index (χ0n) is 10.6. The maximum Gasteiger partial charge on any atom is 0.263 e. The molecular weight excluding hydrogens is 204 g/mol. The summed E-state index contributed by atoms with van der Waals surface area (Å²) in [7, 11) is 0. The molecule has 1 saturated heterocycles. The molecule has 16 heavy (non-hydrogen) atoms. The first-order valence-electron chi connectivity index (χ1n) is 6.28. The minimum absolute atomic E-state index is 0.00694. The minimum Gasteiger partial charge on any atom is -0.303 e. The van der Waals surface area contributed by atoms with E-state index in [1.165, 1.54) is 0 Å². The summed E-state index contributed by atoms with van der Waals surface area (Å²) in [6.45, 7) is 7.71. The van der Waals surface area contributed by atoms with E-state index in [9.17, 15) is 4.79 Å². The number of hydrogen-bond acceptors (Lipinski definition) is 3. The second-order valence-electron chi connectivity index (χ2n) is 5.00. The molecule has 4 heteroatoms. The maximum absolute atomic E-state index is 12.0. The number of carbonyl (C=O) groups is 1. The number of hydroxylamine groups is 1. The van der Waals surface area contributed by atoms with Crippen molar-refractivity contribution in [3.8, 4) is 0 Å². The lowest BCUT2D eigenvalue weighted by Gasteiger charge is -2.27. The summed E-state index contributed by atoms with van der Waals surface area (Å²) in [5.74, 6) is 0.423. The minimum atomic E-state index is -0.383. The Morgan fingerprint density at radius 1 is 1.56 bits per heavy atom. The monoisotopic (exact) mass is 228 g/mol. The standard InChI is InChI=1S/C12H24N2O2/c1-4-6-12(7-5-8-13-12)11(15)14-16-9-10(2)3/h10,13H,4-9H2,1-3H3,(H,14,15). The van der Waals surface area contributed by atoms with Crippen molar-refractivity contribution in [1.82, 2.24) is 10.8 Å². The van der Waals surface area contributed by atoms with Gasteiger partial charge in [-0.25, -0.2) is 5.48 Å². The Morgan fingerprint density at radius 3 is 2.81 bits per heavy atom. The van der Waals surface area contributed by atoms with Crippen LogP contribution in [-0.4, -0.2) is 24.6 Å². The van der Waals surface area contributed by atoms with Crippen molar-refractivity contribution in [2.45, 2.75) is 52.0 Å². The van der Waals surface area contributed by atoms with Crippen LogP contribution in [0.4, 0.5) is 0 Å². The van der Waals surface area contributed by atoms with E-state index in [4.69, 9.17) is 4.84 Å². The summed E-state index contributed by atoms with van der Waals surface area (Å²) < 4.78 is 0. The molecular formula is C12H24N2O2. The van der Waals surface area contributed by atoms with Crippen molar-refractivity contribution >= 4 is 5.91 Å². The van der Waals surface area contributed by atoms with Gasteiger partial charge in [-0.05, 0) is 31.7 Å². The fraction of sp³-hybridized carbons (Fsp3) is 0.917. The smallest absolute Gasteiger partial charge is 0.263 e. The number of carbonyl (C=O) groups excluding carboxylic acids is 1. The van der Waals surface area contributed by atoms with Crippen molar-refractivity contribution in [2.75, 3.05) is 13.2 Å². The van der Waals surface area contributed by atoms with Gasteiger partial charge >= 0.3 is 0 Å². The van der Waals surface area contributed by atoms with E-state index in [-0.39, 0.29) is 11.4 Å². The van der Waals surface area contributed by atoms with Gasteiger partial charge in [0.15, 0.2) is 0 Å². The van der Waals surface area contributed by atoms with Gasteiger partial charge in [0.25, 0.3) is 5.91 Å². The third-order valence-corrected chi connectivity index (χ3v) is 2.94. The van der Waals surface area contributed by atoms with Gasteiger partial charge in [-0.3, -0.25) is 9.63 Å². The molecule has 0 spiro atoms. The second-order valence-corrected chi connectivity index (χ2v) is 5.00. The molecule has 0 aliphatic carbocycles. The Morgan fingerprint density at radius 2 is 2.31 bits per heavy atom. The average molecular weight is 228 g/mol. The highest BCUT2D eigenvalue weighted by Gasteiger charge is 2.40. The molecule has 0 aromatic carbocycles. The second kappa shape index (κ2) is 6.21. The molecule has 1 unspecified atom stereocenters. The predicted octanol–water partition coefficient (Wildman–Crippen LogP) is 1.61. The van der Waals surface area contributed by atoms with Crippen LogP contribution in [0.1, 0.15) is 46.5 Å². The van der Waals surface area contributed by atoms with Crippen LogP contribution >= 0.6 is 0 Å². The van der Waals surface area contributed by atoms with Gasteiger partial charge in [0.1, 0.15) is 5.54 Å². The molecule has 94 valence electrons. The Labute approximate surface area is 98.1 Å². The lowest BCUT2D eigenvalue weighted by molar-refractivity contribution is -0.141. The van der Waals surface area contributed by atoms with Crippen molar-refractivity contribution in [3.05, 3.63) is 0 Å². The van der Waals surface area contributed by atoms with E-state index in [1.807, 2.05) is 0 Å². The highest BCUT2D eigenvalue weighted by atomic mass is 16.7. The summed E-state index contributed by atoms with van der Waals surface area (Å²) in [6.07, 6.45) is 3.86. The Hall–Kier alpha value is -0.610. The molecule has 1 atom stereocenters. The Bertz CT molecular complexity index is 223. The lowest BCUT2D eigenvalue weighted by Crippen LogP contribution is -2.53. The van der Waals surface area contributed by atoms with Crippen LogP contribution in [0.5, 0.6) is 0 Å². The highest BCUT2D eigenvalue weighted by molar-refractivity contribution is 5.85. The van der Waals surface area contributed by atoms with Gasteiger partial charge in [-0.15, -0.1) is 0 Å². The molecule has 0 aromatic rings. The topological polar surface area (TPSA) is 50.4 Å². The van der Waals surface area contributed by atoms with Crippen LogP contribution in [0.3, 0.4) is 0 Å². The van der Waals surface area contributed by atoms with E-state index < -0.39 is 0 Å². The molecule has 0 bridgehead atoms. The third kappa shape index (κ3) is 3.46. The van der Waals surface area contributed by atoms with Crippen LogP contribution in [0, 0.1) is 5.92 Å². The van der Waals surface area contributed by atoms with Gasteiger partial charge in [0.05, 0.1) is 6.61 Å². The quantitative estimate of drug-likeness (QED) is 0.679. The van der Waals surface area contributed by atoms with E-state index in [0.29, 0.717) is 12.5 Å². The van der Waals surface area contributed by atoms with Crippen LogP contribution in [-0.2, 0) is 9.63 Å². The first kappa shape index (κ1) is 13.5. The molecule has 1 amide bonds. The van der Waals surface area contributed by atoms with Crippen LogP contribution in [0.25, 0.3) is 0 Å². The summed E-state index contributed by atoms with van der Waals surface area (Å²) in [6, 6.07) is 0. The molecule has 1 rings (SSSR count). The van der Waals surface area contributed by atoms with Gasteiger partial charge in [-0.2, -0.15) is 0 Å². The molecule has 2 N–H and O–H groups in total. The van der Waals surface area contributed by atoms with E-state index in [1.54, 1.807) is 0 Å². The van der Waals surface area contributed by atoms with Gasteiger partial charge in [-0.1, -0.05) is 27.2 Å². The SMILES string of the molecule is CCCC1(C(=O)NOCC(C)C)CCCN1. The average Bonchev–Trinajstić information content (AvgIpc) is 2.67. The highest BCUT2D eigenvalue weighted by Crippen LogP contribution is 2.24. The van der Waals surface area contributed by atoms with Crippen LogP contribution < -0.4 is 10.8 Å². The predicted molar refractivity (Wildman–Crippen MR) is 63.8 cm³/mol. The number of hydrogen-bond donors (Lipinski definition) is 2. The largest absolute Gasteiger partial charge is 0.303 e. The van der Waals surface area contributed by atoms with E-state index in [2.05, 4.69) is 31.6 Å². The van der Waals surface area contributed by atoms with Crippen molar-refractivity contribution < 1.29 is 9.63 Å². The summed E-state index contributed by atoms with van der Waals surface area (Å²) in [5, 5.41) is 3.32. The van der Waals surface area contributed by atoms with Crippen molar-refractivity contribution in [2.24, 2.45) is 5.92 Å². The molecule has 0 saturated carbocycles. The fourth-order valence-electron chi connectivity index (χ4n) is 2.13. The molecule has 1 fully saturated rings. The molecule has 0 radical (unpaired) electrons. The number of rotatable bonds is 6. The third-order valence-electron chi connectivity index (χ3n) is 2.94. The van der Waals surface area contributed by atoms with Crippen LogP contribution in [0.2, 0.25) is 0 Å². The summed E-state index contributed by atoms with van der Waals surface area (Å²) in [4.78, 5) is 17.2. The first-order valence-corrected chi connectivity index (χ1v) is 6.28. The molecule has 1 aliphatic heterocycles. The van der Waals surface area contributed by atoms with Gasteiger partial charge < -0.3 is 5.32 Å². The van der Waals surface area contributed by atoms with Crippen LogP contribution in [0.15, 0.2) is 0 Å². The van der Waals surface area contributed by atoms with Crippen molar-refractivity contribution in [3.63, 3.8) is 0 Å². The summed E-state index contributed by atoms with van der Waals surface area (Å²) in [5.41, 5.74) is 2.20. The Kier molecular flexibility index (Phi) is 5.22. The summed E-state index contributed by atoms with van der Waals surface area (Å²) >= 11 is 0. The van der Waals surface area contributed by atoms with E-state index in [0.717, 1.165) is 32.2 Å². The zero-order valence-corrected chi connectivity index (χ0v) is 10.6.